The third-order valence-electron chi connectivity index (χ3n) is 4.34. The number of aliphatic hydroxyl groups excluding tert-OH is 1. The van der Waals surface area contributed by atoms with Crippen LogP contribution in [0.5, 0.6) is 0 Å². The van der Waals surface area contributed by atoms with Crippen LogP contribution in [0.2, 0.25) is 0 Å². The van der Waals surface area contributed by atoms with Gasteiger partial charge in [0.2, 0.25) is 0 Å². The van der Waals surface area contributed by atoms with Crippen molar-refractivity contribution in [3.63, 3.8) is 0 Å². The van der Waals surface area contributed by atoms with Crippen molar-refractivity contribution in [2.24, 2.45) is 17.6 Å². The van der Waals surface area contributed by atoms with Crippen LogP contribution in [-0.4, -0.2) is 17.8 Å². The maximum Gasteiger partial charge on any atom is 0.0651 e. The molecule has 0 heterocycles. The highest BCUT2D eigenvalue weighted by Gasteiger charge is 2.35. The number of halogens is 1. The second-order valence-corrected chi connectivity index (χ2v) is 6.28. The molecule has 0 spiro atoms. The minimum absolute atomic E-state index is 0.0334. The van der Waals surface area contributed by atoms with Crippen molar-refractivity contribution in [2.75, 3.05) is 6.54 Å². The van der Waals surface area contributed by atoms with E-state index in [1.165, 1.54) is 12.8 Å². The maximum atomic E-state index is 10.7. The van der Waals surface area contributed by atoms with Gasteiger partial charge in [0.1, 0.15) is 0 Å². The van der Waals surface area contributed by atoms with Gasteiger partial charge in [-0.25, -0.2) is 0 Å². The highest BCUT2D eigenvalue weighted by atomic mass is 79.9. The second-order valence-electron chi connectivity index (χ2n) is 5.43. The molecule has 0 aliphatic heterocycles. The first kappa shape index (κ1) is 14.0. The lowest BCUT2D eigenvalue weighted by Crippen LogP contribution is -2.33. The molecule has 3 heteroatoms. The zero-order valence-electron chi connectivity index (χ0n) is 10.8. The van der Waals surface area contributed by atoms with Gasteiger partial charge >= 0.3 is 0 Å². The van der Waals surface area contributed by atoms with Crippen molar-refractivity contribution >= 4 is 15.9 Å². The van der Waals surface area contributed by atoms with Gasteiger partial charge in [-0.1, -0.05) is 53.9 Å². The van der Waals surface area contributed by atoms with E-state index in [-0.39, 0.29) is 12.0 Å². The van der Waals surface area contributed by atoms with Gasteiger partial charge in [0.15, 0.2) is 0 Å². The van der Waals surface area contributed by atoms with Crippen molar-refractivity contribution < 1.29 is 5.11 Å². The zero-order chi connectivity index (χ0) is 13.1. The van der Waals surface area contributed by atoms with E-state index in [1.54, 1.807) is 0 Å². The summed E-state index contributed by atoms with van der Waals surface area (Å²) >= 11 is 3.56. The number of benzene rings is 1. The quantitative estimate of drug-likeness (QED) is 0.896. The van der Waals surface area contributed by atoms with Gasteiger partial charge in [-0.2, -0.15) is 0 Å². The Morgan fingerprint density at radius 2 is 2.11 bits per heavy atom. The summed E-state index contributed by atoms with van der Waals surface area (Å²) in [6.45, 7) is 2.74. The molecule has 0 bridgehead atoms. The van der Waals surface area contributed by atoms with Crippen molar-refractivity contribution in [1.29, 1.82) is 0 Å². The lowest BCUT2D eigenvalue weighted by molar-refractivity contribution is 0.0663. The van der Waals surface area contributed by atoms with Crippen LogP contribution >= 0.6 is 15.9 Å². The predicted molar refractivity (Wildman–Crippen MR) is 78.4 cm³/mol. The van der Waals surface area contributed by atoms with E-state index >= 15 is 0 Å². The predicted octanol–water partition coefficient (Wildman–Crippen LogP) is 3.29. The Kier molecular flexibility index (Phi) is 4.82. The van der Waals surface area contributed by atoms with E-state index in [0.717, 1.165) is 16.5 Å². The first-order valence-electron chi connectivity index (χ1n) is 6.77. The number of hydrogen-bond acceptors (Lipinski definition) is 2. The van der Waals surface area contributed by atoms with Gasteiger partial charge in [0.05, 0.1) is 6.10 Å². The molecule has 4 atom stereocenters. The molecule has 4 unspecified atom stereocenters. The SMILES string of the molecule is CC1CCCC1C(O)C(CN)c1ccccc1Br. The van der Waals surface area contributed by atoms with Crippen LogP contribution in [0.25, 0.3) is 0 Å². The Labute approximate surface area is 118 Å². The summed E-state index contributed by atoms with van der Waals surface area (Å²) in [4.78, 5) is 0. The fourth-order valence-corrected chi connectivity index (χ4v) is 3.78. The molecule has 1 fully saturated rings. The highest BCUT2D eigenvalue weighted by Crippen LogP contribution is 2.39. The summed E-state index contributed by atoms with van der Waals surface area (Å²) < 4.78 is 1.05. The lowest BCUT2D eigenvalue weighted by Gasteiger charge is -2.30. The summed E-state index contributed by atoms with van der Waals surface area (Å²) in [5.41, 5.74) is 7.04. The first-order chi connectivity index (χ1) is 8.65. The van der Waals surface area contributed by atoms with Crippen LogP contribution in [0.3, 0.4) is 0 Å². The molecule has 0 saturated heterocycles. The summed E-state index contributed by atoms with van der Waals surface area (Å²) in [5.74, 6) is 1.04. The molecule has 1 aromatic carbocycles. The van der Waals surface area contributed by atoms with E-state index in [4.69, 9.17) is 5.73 Å². The van der Waals surface area contributed by atoms with Crippen molar-refractivity contribution in [3.8, 4) is 0 Å². The third-order valence-corrected chi connectivity index (χ3v) is 5.06. The van der Waals surface area contributed by atoms with Crippen LogP contribution in [0.1, 0.15) is 37.7 Å². The molecule has 0 aromatic heterocycles. The third kappa shape index (κ3) is 2.79. The molecular weight excluding hydrogens is 290 g/mol. The fraction of sp³-hybridized carbons (Fsp3) is 0.600. The molecule has 1 saturated carbocycles. The van der Waals surface area contributed by atoms with Crippen LogP contribution in [0, 0.1) is 11.8 Å². The molecular formula is C15H22BrNO. The lowest BCUT2D eigenvalue weighted by atomic mass is 9.81. The number of aliphatic hydroxyl groups is 1. The standard InChI is InChI=1S/C15H22BrNO/c1-10-5-4-7-11(10)15(18)13(9-17)12-6-2-3-8-14(12)16/h2-3,6,8,10-11,13,15,18H,4-5,7,9,17H2,1H3. The summed E-state index contributed by atoms with van der Waals surface area (Å²) in [7, 11) is 0. The van der Waals surface area contributed by atoms with Gasteiger partial charge in [-0.05, 0) is 29.9 Å². The first-order valence-corrected chi connectivity index (χ1v) is 7.57. The topological polar surface area (TPSA) is 46.2 Å². The molecule has 100 valence electrons. The Morgan fingerprint density at radius 1 is 1.39 bits per heavy atom. The van der Waals surface area contributed by atoms with E-state index in [1.807, 2.05) is 18.2 Å². The molecule has 1 aliphatic rings. The average Bonchev–Trinajstić information content (AvgIpc) is 2.78. The van der Waals surface area contributed by atoms with Crippen LogP contribution in [-0.2, 0) is 0 Å². The Morgan fingerprint density at radius 3 is 2.67 bits per heavy atom. The second kappa shape index (κ2) is 6.18. The molecule has 3 N–H and O–H groups in total. The molecule has 2 rings (SSSR count). The Hall–Kier alpha value is -0.380. The van der Waals surface area contributed by atoms with Gasteiger partial charge < -0.3 is 10.8 Å². The van der Waals surface area contributed by atoms with E-state index in [0.29, 0.717) is 18.4 Å². The van der Waals surface area contributed by atoms with Gasteiger partial charge in [0, 0.05) is 16.9 Å². The monoisotopic (exact) mass is 311 g/mol. The van der Waals surface area contributed by atoms with Crippen molar-refractivity contribution in [3.05, 3.63) is 34.3 Å². The number of nitrogens with two attached hydrogens (primary N) is 1. The summed E-state index contributed by atoms with van der Waals surface area (Å²) in [6.07, 6.45) is 3.26. The Bertz CT molecular complexity index is 396. The molecule has 0 amide bonds. The van der Waals surface area contributed by atoms with Crippen molar-refractivity contribution in [2.45, 2.75) is 38.2 Å². The van der Waals surface area contributed by atoms with E-state index in [2.05, 4.69) is 28.9 Å². The fourth-order valence-electron chi connectivity index (χ4n) is 3.21. The summed E-state index contributed by atoms with van der Waals surface area (Å²) in [5, 5.41) is 10.7. The van der Waals surface area contributed by atoms with Gasteiger partial charge in [0.25, 0.3) is 0 Å². The molecule has 2 nitrogen and oxygen atoms in total. The number of hydrogen-bond donors (Lipinski definition) is 2. The van der Waals surface area contributed by atoms with E-state index in [9.17, 15) is 5.11 Å². The maximum absolute atomic E-state index is 10.7. The minimum Gasteiger partial charge on any atom is -0.392 e. The largest absolute Gasteiger partial charge is 0.392 e. The molecule has 1 aliphatic carbocycles. The van der Waals surface area contributed by atoms with Crippen molar-refractivity contribution in [1.82, 2.24) is 0 Å². The van der Waals surface area contributed by atoms with Gasteiger partial charge in [-0.3, -0.25) is 0 Å². The average molecular weight is 312 g/mol. The molecule has 18 heavy (non-hydrogen) atoms. The van der Waals surface area contributed by atoms with E-state index < -0.39 is 0 Å². The van der Waals surface area contributed by atoms with Gasteiger partial charge in [-0.15, -0.1) is 0 Å². The molecule has 0 radical (unpaired) electrons. The van der Waals surface area contributed by atoms with Crippen LogP contribution in [0.15, 0.2) is 28.7 Å². The Balaban J connectivity index is 2.20. The van der Waals surface area contributed by atoms with Crippen LogP contribution < -0.4 is 5.73 Å². The number of rotatable bonds is 4. The zero-order valence-corrected chi connectivity index (χ0v) is 12.4. The highest BCUT2D eigenvalue weighted by molar-refractivity contribution is 9.10. The van der Waals surface area contributed by atoms with Crippen LogP contribution in [0.4, 0.5) is 0 Å². The minimum atomic E-state index is -0.328. The summed E-state index contributed by atoms with van der Waals surface area (Å²) in [6, 6.07) is 8.08. The smallest absolute Gasteiger partial charge is 0.0651 e. The normalized spacial score (nSPS) is 27.1. The molecule has 1 aromatic rings.